The second-order valence-electron chi connectivity index (χ2n) is 5.04. The molecule has 2 unspecified atom stereocenters. The Morgan fingerprint density at radius 2 is 1.83 bits per heavy atom. The van der Waals surface area contributed by atoms with Crippen molar-refractivity contribution in [2.75, 3.05) is 6.54 Å². The van der Waals surface area contributed by atoms with E-state index in [0.717, 1.165) is 12.1 Å². The highest BCUT2D eigenvalue weighted by Crippen LogP contribution is 2.19. The number of hydrogen-bond donors (Lipinski definition) is 1. The number of piperidine rings is 1. The number of benzene rings is 1. The molecule has 1 saturated heterocycles. The summed E-state index contributed by atoms with van der Waals surface area (Å²) in [4.78, 5) is 0. The van der Waals surface area contributed by atoms with Gasteiger partial charge in [-0.15, -0.1) is 0 Å². The number of hydrazine groups is 1. The van der Waals surface area contributed by atoms with E-state index in [1.807, 2.05) is 30.3 Å². The molecule has 0 bridgehead atoms. The molecule has 1 aromatic rings. The van der Waals surface area contributed by atoms with Crippen LogP contribution in [0.2, 0.25) is 0 Å². The lowest BCUT2D eigenvalue weighted by molar-refractivity contribution is 0.0521. The SMILES string of the molecule is CC1CCCC(C)N1NCC#Cc1ccccc1. The predicted octanol–water partition coefficient (Wildman–Crippen LogP) is 2.81. The van der Waals surface area contributed by atoms with Gasteiger partial charge in [0.15, 0.2) is 0 Å². The number of nitrogens with one attached hydrogen (secondary N) is 1. The second-order valence-corrected chi connectivity index (χ2v) is 5.04. The fourth-order valence-electron chi connectivity index (χ4n) is 2.53. The summed E-state index contributed by atoms with van der Waals surface area (Å²) in [7, 11) is 0. The zero-order chi connectivity index (χ0) is 12.8. The minimum Gasteiger partial charge on any atom is -0.243 e. The van der Waals surface area contributed by atoms with Crippen molar-refractivity contribution in [1.29, 1.82) is 0 Å². The number of hydrogen-bond acceptors (Lipinski definition) is 2. The Morgan fingerprint density at radius 1 is 1.17 bits per heavy atom. The van der Waals surface area contributed by atoms with E-state index in [2.05, 4.69) is 36.1 Å². The molecule has 1 heterocycles. The van der Waals surface area contributed by atoms with Gasteiger partial charge in [0.05, 0.1) is 6.54 Å². The van der Waals surface area contributed by atoms with Crippen LogP contribution < -0.4 is 5.43 Å². The molecular formula is C16H22N2. The first-order chi connectivity index (χ1) is 8.77. The fraction of sp³-hybridized carbons (Fsp3) is 0.500. The van der Waals surface area contributed by atoms with Crippen molar-refractivity contribution in [3.05, 3.63) is 35.9 Å². The Labute approximate surface area is 110 Å². The predicted molar refractivity (Wildman–Crippen MR) is 75.9 cm³/mol. The lowest BCUT2D eigenvalue weighted by atomic mass is 10.00. The van der Waals surface area contributed by atoms with Crippen LogP contribution in [0.15, 0.2) is 30.3 Å². The molecule has 0 saturated carbocycles. The first-order valence-corrected chi connectivity index (χ1v) is 6.83. The van der Waals surface area contributed by atoms with Crippen LogP contribution in [0.1, 0.15) is 38.7 Å². The average molecular weight is 242 g/mol. The molecule has 1 aliphatic heterocycles. The Kier molecular flexibility index (Phi) is 4.81. The largest absolute Gasteiger partial charge is 0.243 e. The average Bonchev–Trinajstić information content (AvgIpc) is 2.38. The van der Waals surface area contributed by atoms with Crippen LogP contribution >= 0.6 is 0 Å². The Morgan fingerprint density at radius 3 is 2.50 bits per heavy atom. The van der Waals surface area contributed by atoms with Gasteiger partial charge in [0, 0.05) is 17.6 Å². The van der Waals surface area contributed by atoms with Crippen molar-refractivity contribution in [2.24, 2.45) is 0 Å². The number of nitrogens with zero attached hydrogens (tertiary/aromatic N) is 1. The van der Waals surface area contributed by atoms with Crippen LogP contribution in [0.25, 0.3) is 0 Å². The zero-order valence-electron chi connectivity index (χ0n) is 11.3. The van der Waals surface area contributed by atoms with Crippen LogP contribution in [-0.4, -0.2) is 23.6 Å². The molecule has 2 heteroatoms. The van der Waals surface area contributed by atoms with Crippen LogP contribution in [0.3, 0.4) is 0 Å². The van der Waals surface area contributed by atoms with E-state index in [-0.39, 0.29) is 0 Å². The van der Waals surface area contributed by atoms with Gasteiger partial charge in [0.1, 0.15) is 0 Å². The van der Waals surface area contributed by atoms with Gasteiger partial charge in [-0.3, -0.25) is 0 Å². The maximum Gasteiger partial charge on any atom is 0.0718 e. The van der Waals surface area contributed by atoms with Crippen molar-refractivity contribution in [3.8, 4) is 11.8 Å². The molecule has 0 amide bonds. The lowest BCUT2D eigenvalue weighted by Crippen LogP contribution is -2.52. The highest BCUT2D eigenvalue weighted by atomic mass is 15.5. The molecule has 1 fully saturated rings. The summed E-state index contributed by atoms with van der Waals surface area (Å²) in [6.07, 6.45) is 3.91. The Bertz CT molecular complexity index is 406. The third-order valence-electron chi connectivity index (χ3n) is 3.55. The molecule has 0 spiro atoms. The Hall–Kier alpha value is -1.30. The summed E-state index contributed by atoms with van der Waals surface area (Å²) in [5, 5.41) is 2.36. The first-order valence-electron chi connectivity index (χ1n) is 6.83. The van der Waals surface area contributed by atoms with Crippen molar-refractivity contribution in [1.82, 2.24) is 10.4 Å². The molecule has 2 rings (SSSR count). The molecule has 0 radical (unpaired) electrons. The molecule has 96 valence electrons. The van der Waals surface area contributed by atoms with Crippen LogP contribution in [-0.2, 0) is 0 Å². The summed E-state index contributed by atoms with van der Waals surface area (Å²) in [6.45, 7) is 5.30. The van der Waals surface area contributed by atoms with Gasteiger partial charge < -0.3 is 0 Å². The maximum atomic E-state index is 3.45. The third kappa shape index (κ3) is 3.60. The first kappa shape index (κ1) is 13.1. The zero-order valence-corrected chi connectivity index (χ0v) is 11.3. The quantitative estimate of drug-likeness (QED) is 0.802. The highest BCUT2D eigenvalue weighted by Gasteiger charge is 2.23. The normalized spacial score (nSPS) is 24.3. The molecule has 1 aliphatic rings. The van der Waals surface area contributed by atoms with Gasteiger partial charge in [-0.2, -0.15) is 0 Å². The minimum atomic E-state index is 0.618. The van der Waals surface area contributed by atoms with Crippen molar-refractivity contribution >= 4 is 0 Å². The van der Waals surface area contributed by atoms with Gasteiger partial charge in [-0.1, -0.05) is 36.5 Å². The smallest absolute Gasteiger partial charge is 0.0718 e. The third-order valence-corrected chi connectivity index (χ3v) is 3.55. The monoisotopic (exact) mass is 242 g/mol. The molecule has 2 nitrogen and oxygen atoms in total. The summed E-state index contributed by atoms with van der Waals surface area (Å²) in [5.74, 6) is 6.36. The van der Waals surface area contributed by atoms with E-state index in [9.17, 15) is 0 Å². The minimum absolute atomic E-state index is 0.618. The lowest BCUT2D eigenvalue weighted by Gasteiger charge is -2.38. The topological polar surface area (TPSA) is 15.3 Å². The molecule has 0 aliphatic carbocycles. The maximum absolute atomic E-state index is 3.45. The number of rotatable bonds is 2. The van der Waals surface area contributed by atoms with Crippen molar-refractivity contribution in [3.63, 3.8) is 0 Å². The van der Waals surface area contributed by atoms with Gasteiger partial charge in [0.2, 0.25) is 0 Å². The summed E-state index contributed by atoms with van der Waals surface area (Å²) in [6, 6.07) is 11.4. The van der Waals surface area contributed by atoms with Crippen LogP contribution in [0, 0.1) is 11.8 Å². The fourth-order valence-corrected chi connectivity index (χ4v) is 2.53. The van der Waals surface area contributed by atoms with E-state index in [1.165, 1.54) is 19.3 Å². The summed E-state index contributed by atoms with van der Waals surface area (Å²) in [5.41, 5.74) is 4.53. The van der Waals surface area contributed by atoms with E-state index in [4.69, 9.17) is 0 Å². The summed E-state index contributed by atoms with van der Waals surface area (Å²) < 4.78 is 0. The standard InChI is InChI=1S/C16H22N2/c1-14-8-6-9-15(2)18(14)17-13-7-12-16-10-4-3-5-11-16/h3-5,10-11,14-15,17H,6,8-9,13H2,1-2H3. The highest BCUT2D eigenvalue weighted by molar-refractivity contribution is 5.33. The Balaban J connectivity index is 1.83. The van der Waals surface area contributed by atoms with E-state index in [1.54, 1.807) is 0 Å². The van der Waals surface area contributed by atoms with E-state index < -0.39 is 0 Å². The molecule has 2 atom stereocenters. The van der Waals surface area contributed by atoms with Crippen molar-refractivity contribution in [2.45, 2.75) is 45.2 Å². The van der Waals surface area contributed by atoms with Crippen molar-refractivity contribution < 1.29 is 0 Å². The molecular weight excluding hydrogens is 220 g/mol. The van der Waals surface area contributed by atoms with Crippen LogP contribution in [0.5, 0.6) is 0 Å². The molecule has 1 aromatic carbocycles. The van der Waals surface area contributed by atoms with Gasteiger partial charge in [-0.25, -0.2) is 10.4 Å². The van der Waals surface area contributed by atoms with Gasteiger partial charge >= 0.3 is 0 Å². The molecule has 0 aromatic heterocycles. The summed E-state index contributed by atoms with van der Waals surface area (Å²) >= 11 is 0. The van der Waals surface area contributed by atoms with Crippen LogP contribution in [0.4, 0.5) is 0 Å². The van der Waals surface area contributed by atoms with Gasteiger partial charge in [0.25, 0.3) is 0 Å². The molecule has 1 N–H and O–H groups in total. The molecule has 18 heavy (non-hydrogen) atoms. The van der Waals surface area contributed by atoms with Gasteiger partial charge in [-0.05, 0) is 38.8 Å². The second kappa shape index (κ2) is 6.58. The van der Waals surface area contributed by atoms with E-state index >= 15 is 0 Å². The van der Waals surface area contributed by atoms with E-state index in [0.29, 0.717) is 12.1 Å².